The Morgan fingerprint density at radius 3 is 2.55 bits per heavy atom. The lowest BCUT2D eigenvalue weighted by atomic mass is 10.2. The molecule has 3 rings (SSSR count). The van der Waals surface area contributed by atoms with Gasteiger partial charge in [0.05, 0.1) is 25.2 Å². The molecule has 2 aromatic carbocycles. The highest BCUT2D eigenvalue weighted by molar-refractivity contribution is 7.89. The molecule has 2 aromatic rings. The molecule has 0 unspecified atom stereocenters. The fourth-order valence-corrected chi connectivity index (χ4v) is 4.65. The zero-order chi connectivity index (χ0) is 20.7. The van der Waals surface area contributed by atoms with Crippen molar-refractivity contribution in [1.82, 2.24) is 9.21 Å². The second-order valence-corrected chi connectivity index (χ2v) is 8.69. The van der Waals surface area contributed by atoms with Gasteiger partial charge in [0.15, 0.2) is 0 Å². The van der Waals surface area contributed by atoms with Crippen molar-refractivity contribution in [2.45, 2.75) is 17.9 Å². The number of hydrogen-bond acceptors (Lipinski definition) is 5. The summed E-state index contributed by atoms with van der Waals surface area (Å²) >= 11 is 0. The minimum atomic E-state index is -3.59. The SMILES string of the molecule is COc1cccc(COCCN2CCN(S(=O)(=O)c3ccccc3)CCC2=O)c1. The third-order valence-corrected chi connectivity index (χ3v) is 6.75. The molecule has 29 heavy (non-hydrogen) atoms. The third kappa shape index (κ3) is 5.56. The van der Waals surface area contributed by atoms with E-state index >= 15 is 0 Å². The van der Waals surface area contributed by atoms with E-state index in [2.05, 4.69) is 0 Å². The maximum Gasteiger partial charge on any atom is 0.243 e. The van der Waals surface area contributed by atoms with E-state index in [4.69, 9.17) is 9.47 Å². The molecule has 7 nitrogen and oxygen atoms in total. The molecule has 0 radical (unpaired) electrons. The first-order valence-corrected chi connectivity index (χ1v) is 11.0. The second kappa shape index (κ2) is 9.87. The molecule has 8 heteroatoms. The van der Waals surface area contributed by atoms with Crippen LogP contribution >= 0.6 is 0 Å². The lowest BCUT2D eigenvalue weighted by Gasteiger charge is -2.22. The quantitative estimate of drug-likeness (QED) is 0.614. The maximum absolute atomic E-state index is 12.8. The van der Waals surface area contributed by atoms with Crippen molar-refractivity contribution >= 4 is 15.9 Å². The lowest BCUT2D eigenvalue weighted by molar-refractivity contribution is -0.131. The summed E-state index contributed by atoms with van der Waals surface area (Å²) < 4.78 is 37.8. The molecular weight excluding hydrogens is 392 g/mol. The average Bonchev–Trinajstić information content (AvgIpc) is 2.94. The van der Waals surface area contributed by atoms with E-state index in [0.717, 1.165) is 11.3 Å². The van der Waals surface area contributed by atoms with Gasteiger partial charge in [-0.15, -0.1) is 0 Å². The van der Waals surface area contributed by atoms with Gasteiger partial charge in [0.25, 0.3) is 0 Å². The van der Waals surface area contributed by atoms with Gasteiger partial charge in [-0.2, -0.15) is 4.31 Å². The van der Waals surface area contributed by atoms with Gasteiger partial charge in [0.1, 0.15) is 5.75 Å². The Morgan fingerprint density at radius 2 is 1.79 bits per heavy atom. The van der Waals surface area contributed by atoms with Gasteiger partial charge in [0.2, 0.25) is 15.9 Å². The third-order valence-electron chi connectivity index (χ3n) is 4.84. The van der Waals surface area contributed by atoms with Crippen molar-refractivity contribution in [1.29, 1.82) is 0 Å². The summed E-state index contributed by atoms with van der Waals surface area (Å²) in [4.78, 5) is 14.3. The first-order valence-electron chi connectivity index (χ1n) is 9.54. The molecule has 156 valence electrons. The largest absolute Gasteiger partial charge is 0.497 e. The van der Waals surface area contributed by atoms with Crippen LogP contribution in [0, 0.1) is 0 Å². The van der Waals surface area contributed by atoms with Crippen molar-refractivity contribution in [2.24, 2.45) is 0 Å². The van der Waals surface area contributed by atoms with Gasteiger partial charge < -0.3 is 14.4 Å². The summed E-state index contributed by atoms with van der Waals surface area (Å²) in [6, 6.07) is 15.9. The van der Waals surface area contributed by atoms with Crippen LogP contribution in [0.5, 0.6) is 5.75 Å². The first-order chi connectivity index (χ1) is 14.0. The summed E-state index contributed by atoms with van der Waals surface area (Å²) in [6.45, 7) is 2.06. The number of methoxy groups -OCH3 is 1. The van der Waals surface area contributed by atoms with Crippen LogP contribution < -0.4 is 4.74 Å². The number of benzene rings is 2. The topological polar surface area (TPSA) is 76.2 Å². The molecule has 1 fully saturated rings. The van der Waals surface area contributed by atoms with Crippen molar-refractivity contribution in [2.75, 3.05) is 39.9 Å². The van der Waals surface area contributed by atoms with Crippen LogP contribution in [0.1, 0.15) is 12.0 Å². The van der Waals surface area contributed by atoms with Gasteiger partial charge in [-0.3, -0.25) is 4.79 Å². The van der Waals surface area contributed by atoms with Crippen LogP contribution in [0.3, 0.4) is 0 Å². The Hall–Kier alpha value is -2.42. The number of amides is 1. The van der Waals surface area contributed by atoms with Gasteiger partial charge in [-0.25, -0.2) is 8.42 Å². The molecule has 1 amide bonds. The zero-order valence-corrected chi connectivity index (χ0v) is 17.3. The van der Waals surface area contributed by atoms with Crippen LogP contribution in [-0.2, 0) is 26.2 Å². The van der Waals surface area contributed by atoms with Gasteiger partial charge in [-0.1, -0.05) is 30.3 Å². The summed E-state index contributed by atoms with van der Waals surface area (Å²) in [6.07, 6.45) is 0.169. The van der Waals surface area contributed by atoms with Crippen LogP contribution in [-0.4, -0.2) is 63.4 Å². The second-order valence-electron chi connectivity index (χ2n) is 6.75. The van der Waals surface area contributed by atoms with Gasteiger partial charge in [0, 0.05) is 32.6 Å². The smallest absolute Gasteiger partial charge is 0.243 e. The first kappa shape index (κ1) is 21.3. The zero-order valence-electron chi connectivity index (χ0n) is 16.5. The van der Waals surface area contributed by atoms with Crippen molar-refractivity contribution in [3.05, 3.63) is 60.2 Å². The molecule has 1 heterocycles. The number of carbonyl (C=O) groups excluding carboxylic acids is 1. The molecule has 1 aliphatic rings. The maximum atomic E-state index is 12.8. The predicted octanol–water partition coefficient (Wildman–Crippen LogP) is 2.13. The number of carbonyl (C=O) groups is 1. The number of rotatable bonds is 8. The Labute approximate surface area is 171 Å². The number of nitrogens with zero attached hydrogens (tertiary/aromatic N) is 2. The number of ether oxygens (including phenoxy) is 2. The Kier molecular flexibility index (Phi) is 7.24. The van der Waals surface area contributed by atoms with Crippen molar-refractivity contribution in [3.8, 4) is 5.75 Å². The molecule has 0 saturated carbocycles. The standard InChI is InChI=1S/C21H26N2O5S/c1-27-19-7-5-6-18(16-19)17-28-15-14-22-12-13-23(11-10-21(22)24)29(25,26)20-8-3-2-4-9-20/h2-9,16H,10-15,17H2,1H3. The normalized spacial score (nSPS) is 15.9. The highest BCUT2D eigenvalue weighted by atomic mass is 32.2. The van der Waals surface area contributed by atoms with Gasteiger partial charge in [-0.05, 0) is 29.8 Å². The van der Waals surface area contributed by atoms with E-state index in [1.807, 2.05) is 24.3 Å². The summed E-state index contributed by atoms with van der Waals surface area (Å²) in [5.41, 5.74) is 0.992. The van der Waals surface area contributed by atoms with E-state index in [1.165, 1.54) is 4.31 Å². The summed E-state index contributed by atoms with van der Waals surface area (Å²) in [7, 11) is -1.97. The highest BCUT2D eigenvalue weighted by Gasteiger charge is 2.29. The molecule has 0 bridgehead atoms. The summed E-state index contributed by atoms with van der Waals surface area (Å²) in [5.74, 6) is 0.717. The van der Waals surface area contributed by atoms with E-state index < -0.39 is 10.0 Å². The fraction of sp³-hybridized carbons (Fsp3) is 0.381. The number of sulfonamides is 1. The van der Waals surface area contributed by atoms with Crippen LogP contribution in [0.2, 0.25) is 0 Å². The molecule has 0 aliphatic carbocycles. The minimum Gasteiger partial charge on any atom is -0.497 e. The molecule has 1 aliphatic heterocycles. The molecule has 0 spiro atoms. The van der Waals surface area contributed by atoms with E-state index in [0.29, 0.717) is 26.3 Å². The lowest BCUT2D eigenvalue weighted by Crippen LogP contribution is -2.37. The van der Waals surface area contributed by atoms with E-state index in [9.17, 15) is 13.2 Å². The van der Waals surface area contributed by atoms with Gasteiger partial charge >= 0.3 is 0 Å². The molecule has 0 atom stereocenters. The van der Waals surface area contributed by atoms with Crippen molar-refractivity contribution in [3.63, 3.8) is 0 Å². The Balaban J connectivity index is 1.51. The molecular formula is C21H26N2O5S. The minimum absolute atomic E-state index is 0.0549. The molecule has 0 N–H and O–H groups in total. The fourth-order valence-electron chi connectivity index (χ4n) is 3.19. The Bertz CT molecular complexity index is 918. The van der Waals surface area contributed by atoms with Crippen LogP contribution in [0.15, 0.2) is 59.5 Å². The monoisotopic (exact) mass is 418 g/mol. The van der Waals surface area contributed by atoms with E-state index in [-0.39, 0.29) is 30.3 Å². The molecule has 0 aromatic heterocycles. The van der Waals surface area contributed by atoms with E-state index in [1.54, 1.807) is 42.3 Å². The Morgan fingerprint density at radius 1 is 1.00 bits per heavy atom. The molecule has 1 saturated heterocycles. The van der Waals surface area contributed by atoms with Crippen LogP contribution in [0.25, 0.3) is 0 Å². The van der Waals surface area contributed by atoms with Crippen LogP contribution in [0.4, 0.5) is 0 Å². The average molecular weight is 419 g/mol. The van der Waals surface area contributed by atoms with Crippen molar-refractivity contribution < 1.29 is 22.7 Å². The highest BCUT2D eigenvalue weighted by Crippen LogP contribution is 2.18. The number of hydrogen-bond donors (Lipinski definition) is 0. The predicted molar refractivity (Wildman–Crippen MR) is 109 cm³/mol. The summed E-state index contributed by atoms with van der Waals surface area (Å²) in [5, 5.41) is 0.